The number of thiophene rings is 1. The summed E-state index contributed by atoms with van der Waals surface area (Å²) in [5, 5.41) is 12.0. The molecule has 0 radical (unpaired) electrons. The van der Waals surface area contributed by atoms with Crippen molar-refractivity contribution in [2.24, 2.45) is 5.73 Å². The van der Waals surface area contributed by atoms with Gasteiger partial charge in [0.25, 0.3) is 0 Å². The number of likely N-dealkylation sites (N-methyl/N-ethyl adjacent to an activating group) is 1. The van der Waals surface area contributed by atoms with E-state index in [2.05, 4.69) is 6.07 Å². The molecule has 1 unspecified atom stereocenters. The van der Waals surface area contributed by atoms with Gasteiger partial charge in [0.1, 0.15) is 6.04 Å². The largest absolute Gasteiger partial charge is 0.480 e. The molecule has 4 nitrogen and oxygen atoms in total. The third-order valence-corrected chi connectivity index (χ3v) is 3.61. The van der Waals surface area contributed by atoms with Crippen LogP contribution in [-0.4, -0.2) is 30.7 Å². The number of nitrogens with zero attached hydrogens (tertiary/aromatic N) is 1. The lowest BCUT2D eigenvalue weighted by Gasteiger charge is -2.20. The van der Waals surface area contributed by atoms with Gasteiger partial charge in [-0.2, -0.15) is 0 Å². The average Bonchev–Trinajstić information content (AvgIpc) is 2.72. The number of aliphatic carboxylic acids is 1. The molecule has 3 N–H and O–H groups in total. The lowest BCUT2D eigenvalue weighted by molar-refractivity contribution is -0.138. The monoisotopic (exact) mass is 250 g/mol. The molecule has 0 aliphatic rings. The second-order valence-corrected chi connectivity index (χ2v) is 4.85. The Morgan fingerprint density at radius 3 is 2.94 bits per heavy atom. The van der Waals surface area contributed by atoms with Gasteiger partial charge in [-0.15, -0.1) is 11.3 Å². The van der Waals surface area contributed by atoms with Crippen LogP contribution in [0.3, 0.4) is 0 Å². The first-order valence-electron chi connectivity index (χ1n) is 5.25. The Labute approximate surface area is 103 Å². The van der Waals surface area contributed by atoms with Crippen LogP contribution in [0.1, 0.15) is 0 Å². The van der Waals surface area contributed by atoms with E-state index in [0.29, 0.717) is 6.54 Å². The minimum absolute atomic E-state index is 0.302. The molecular formula is C12H14N2O2S. The predicted molar refractivity (Wildman–Crippen MR) is 70.7 cm³/mol. The van der Waals surface area contributed by atoms with E-state index in [1.165, 1.54) is 4.70 Å². The summed E-state index contributed by atoms with van der Waals surface area (Å²) in [5.74, 6) is -0.976. The average molecular weight is 250 g/mol. The van der Waals surface area contributed by atoms with Gasteiger partial charge in [0.15, 0.2) is 0 Å². The molecule has 0 spiro atoms. The number of nitrogens with two attached hydrogens (primary N) is 1. The Kier molecular flexibility index (Phi) is 3.31. The maximum atomic E-state index is 10.7. The lowest BCUT2D eigenvalue weighted by Crippen LogP contribution is -2.41. The van der Waals surface area contributed by atoms with E-state index >= 15 is 0 Å². The van der Waals surface area contributed by atoms with Crippen molar-refractivity contribution in [3.8, 4) is 0 Å². The molecule has 0 bridgehead atoms. The molecule has 0 fully saturated rings. The zero-order chi connectivity index (χ0) is 12.4. The summed E-state index contributed by atoms with van der Waals surface area (Å²) < 4.78 is 1.19. The SMILES string of the molecule is CN(CC(N)C(=O)O)c1csc2ccccc12. The first kappa shape index (κ1) is 11.9. The van der Waals surface area contributed by atoms with Crippen molar-refractivity contribution >= 4 is 33.1 Å². The molecule has 5 heteroatoms. The van der Waals surface area contributed by atoms with Crippen LogP contribution < -0.4 is 10.6 Å². The van der Waals surface area contributed by atoms with Crippen molar-refractivity contribution in [2.45, 2.75) is 6.04 Å². The van der Waals surface area contributed by atoms with Crippen LogP contribution >= 0.6 is 11.3 Å². The Hall–Kier alpha value is -1.59. The minimum Gasteiger partial charge on any atom is -0.480 e. The van der Waals surface area contributed by atoms with E-state index in [4.69, 9.17) is 10.8 Å². The normalized spacial score (nSPS) is 12.6. The second kappa shape index (κ2) is 4.73. The molecule has 1 aromatic carbocycles. The van der Waals surface area contributed by atoms with E-state index in [0.717, 1.165) is 11.1 Å². The van der Waals surface area contributed by atoms with Gasteiger partial charge in [0.2, 0.25) is 0 Å². The predicted octanol–water partition coefficient (Wildman–Crippen LogP) is 1.75. The minimum atomic E-state index is -0.976. The van der Waals surface area contributed by atoms with E-state index in [-0.39, 0.29) is 0 Å². The molecule has 2 rings (SSSR count). The maximum Gasteiger partial charge on any atom is 0.322 e. The summed E-state index contributed by atoms with van der Waals surface area (Å²) >= 11 is 1.65. The van der Waals surface area contributed by atoms with Gasteiger partial charge >= 0.3 is 5.97 Å². The van der Waals surface area contributed by atoms with Gasteiger partial charge < -0.3 is 15.7 Å². The molecule has 0 saturated carbocycles. The lowest BCUT2D eigenvalue weighted by atomic mass is 10.2. The topological polar surface area (TPSA) is 66.6 Å². The third-order valence-electron chi connectivity index (χ3n) is 2.66. The Morgan fingerprint density at radius 1 is 1.53 bits per heavy atom. The summed E-state index contributed by atoms with van der Waals surface area (Å²) in [7, 11) is 1.86. The van der Waals surface area contributed by atoms with Gasteiger partial charge in [0.05, 0.1) is 5.69 Å². The fourth-order valence-corrected chi connectivity index (χ4v) is 2.73. The molecule has 1 heterocycles. The van der Waals surface area contributed by atoms with Gasteiger partial charge in [-0.05, 0) is 6.07 Å². The molecule has 0 saturated heterocycles. The van der Waals surface area contributed by atoms with Crippen LogP contribution in [0.25, 0.3) is 10.1 Å². The number of fused-ring (bicyclic) bond motifs is 1. The highest BCUT2D eigenvalue weighted by Gasteiger charge is 2.16. The number of rotatable bonds is 4. The van der Waals surface area contributed by atoms with Crippen LogP contribution in [0.5, 0.6) is 0 Å². The number of anilines is 1. The summed E-state index contributed by atoms with van der Waals surface area (Å²) in [4.78, 5) is 12.6. The van der Waals surface area contributed by atoms with E-state index in [1.54, 1.807) is 11.3 Å². The molecule has 0 aliphatic heterocycles. The smallest absolute Gasteiger partial charge is 0.322 e. The van der Waals surface area contributed by atoms with Crippen LogP contribution in [0.15, 0.2) is 29.6 Å². The molecular weight excluding hydrogens is 236 g/mol. The first-order valence-corrected chi connectivity index (χ1v) is 6.13. The van der Waals surface area contributed by atoms with Crippen LogP contribution in [0.2, 0.25) is 0 Å². The molecule has 17 heavy (non-hydrogen) atoms. The number of carboxylic acid groups (broad SMARTS) is 1. The number of hydrogen-bond acceptors (Lipinski definition) is 4. The quantitative estimate of drug-likeness (QED) is 0.867. The van der Waals surface area contributed by atoms with Gasteiger partial charge in [-0.3, -0.25) is 4.79 Å². The van der Waals surface area contributed by atoms with Gasteiger partial charge in [-0.1, -0.05) is 18.2 Å². The zero-order valence-electron chi connectivity index (χ0n) is 9.46. The fourth-order valence-electron chi connectivity index (χ4n) is 1.73. The summed E-state index contributed by atoms with van der Waals surface area (Å²) in [6.45, 7) is 0.302. The molecule has 1 aromatic heterocycles. The Balaban J connectivity index is 2.25. The Bertz CT molecular complexity index is 538. The summed E-state index contributed by atoms with van der Waals surface area (Å²) in [5.41, 5.74) is 6.56. The standard InChI is InChI=1S/C12H14N2O2S/c1-14(6-9(13)12(15)16)10-7-17-11-5-3-2-4-8(10)11/h2-5,7,9H,6,13H2,1H3,(H,15,16). The number of hydrogen-bond donors (Lipinski definition) is 2. The number of carboxylic acids is 1. The summed E-state index contributed by atoms with van der Waals surface area (Å²) in [6, 6.07) is 7.19. The van der Waals surface area contributed by atoms with Crippen molar-refractivity contribution in [2.75, 3.05) is 18.5 Å². The van der Waals surface area contributed by atoms with Crippen molar-refractivity contribution in [1.29, 1.82) is 0 Å². The Morgan fingerprint density at radius 2 is 2.24 bits per heavy atom. The first-order chi connectivity index (χ1) is 8.09. The second-order valence-electron chi connectivity index (χ2n) is 3.94. The molecule has 0 aliphatic carbocycles. The zero-order valence-corrected chi connectivity index (χ0v) is 10.3. The van der Waals surface area contributed by atoms with Gasteiger partial charge in [-0.25, -0.2) is 0 Å². The number of benzene rings is 1. The van der Waals surface area contributed by atoms with Crippen molar-refractivity contribution in [3.05, 3.63) is 29.6 Å². The summed E-state index contributed by atoms with van der Waals surface area (Å²) in [6.07, 6.45) is 0. The molecule has 2 aromatic rings. The van der Waals surface area contributed by atoms with E-state index in [9.17, 15) is 4.79 Å². The van der Waals surface area contributed by atoms with Crippen molar-refractivity contribution in [1.82, 2.24) is 0 Å². The van der Waals surface area contributed by atoms with Crippen molar-refractivity contribution < 1.29 is 9.90 Å². The van der Waals surface area contributed by atoms with E-state index in [1.807, 2.05) is 35.5 Å². The highest BCUT2D eigenvalue weighted by Crippen LogP contribution is 2.32. The van der Waals surface area contributed by atoms with E-state index < -0.39 is 12.0 Å². The van der Waals surface area contributed by atoms with Crippen LogP contribution in [0, 0.1) is 0 Å². The van der Waals surface area contributed by atoms with Crippen LogP contribution in [-0.2, 0) is 4.79 Å². The fraction of sp³-hybridized carbons (Fsp3) is 0.250. The van der Waals surface area contributed by atoms with Gasteiger partial charge in [0, 0.05) is 29.1 Å². The molecule has 1 atom stereocenters. The highest BCUT2D eigenvalue weighted by molar-refractivity contribution is 7.17. The highest BCUT2D eigenvalue weighted by atomic mass is 32.1. The number of carbonyl (C=O) groups is 1. The van der Waals surface area contributed by atoms with Crippen molar-refractivity contribution in [3.63, 3.8) is 0 Å². The molecule has 0 amide bonds. The third kappa shape index (κ3) is 2.40. The maximum absolute atomic E-state index is 10.7. The van der Waals surface area contributed by atoms with Crippen LogP contribution in [0.4, 0.5) is 5.69 Å². The molecule has 90 valence electrons.